The van der Waals surface area contributed by atoms with Crippen LogP contribution >= 0.6 is 34.8 Å². The molecule has 180 valence electrons. The van der Waals surface area contributed by atoms with Gasteiger partial charge in [-0.3, -0.25) is 13.9 Å². The minimum absolute atomic E-state index is 0.0112. The smallest absolute Gasteiger partial charge is 0.244 e. The van der Waals surface area contributed by atoms with Crippen molar-refractivity contribution in [2.24, 2.45) is 0 Å². The zero-order valence-corrected chi connectivity index (χ0v) is 21.6. The Labute approximate surface area is 209 Å². The molecule has 2 rings (SSSR count). The van der Waals surface area contributed by atoms with Crippen molar-refractivity contribution in [3.05, 3.63) is 63.1 Å². The monoisotopic (exact) mass is 533 g/mol. The predicted molar refractivity (Wildman–Crippen MR) is 133 cm³/mol. The highest BCUT2D eigenvalue weighted by Crippen LogP contribution is 2.25. The van der Waals surface area contributed by atoms with Gasteiger partial charge in [-0.25, -0.2) is 8.42 Å². The highest BCUT2D eigenvalue weighted by atomic mass is 35.5. The summed E-state index contributed by atoms with van der Waals surface area (Å²) in [5.41, 5.74) is 0.809. The molecular weight excluding hydrogens is 509 g/mol. The highest BCUT2D eigenvalue weighted by Gasteiger charge is 2.30. The molecule has 2 aromatic rings. The maximum Gasteiger partial charge on any atom is 0.244 e. The molecule has 0 aliphatic heterocycles. The van der Waals surface area contributed by atoms with Crippen LogP contribution in [0, 0.1) is 0 Å². The number of benzene rings is 2. The third kappa shape index (κ3) is 7.78. The molecule has 0 aliphatic carbocycles. The fourth-order valence-corrected chi connectivity index (χ4v) is 4.55. The van der Waals surface area contributed by atoms with E-state index in [0.29, 0.717) is 27.2 Å². The molecule has 33 heavy (non-hydrogen) atoms. The lowest BCUT2D eigenvalue weighted by molar-refractivity contribution is -0.139. The van der Waals surface area contributed by atoms with Crippen LogP contribution in [0.5, 0.6) is 0 Å². The van der Waals surface area contributed by atoms with Gasteiger partial charge in [0.1, 0.15) is 12.6 Å². The van der Waals surface area contributed by atoms with E-state index in [1.165, 1.54) is 23.1 Å². The summed E-state index contributed by atoms with van der Waals surface area (Å²) in [5, 5.41) is 3.85. The molecule has 1 N–H and O–H groups in total. The number of carbonyl (C=O) groups excluding carboxylic acids is 2. The first-order chi connectivity index (χ1) is 15.4. The van der Waals surface area contributed by atoms with Crippen LogP contribution in [0.2, 0.25) is 15.1 Å². The van der Waals surface area contributed by atoms with Crippen LogP contribution in [0.25, 0.3) is 0 Å². The van der Waals surface area contributed by atoms with Crippen LogP contribution in [-0.2, 0) is 26.2 Å². The van der Waals surface area contributed by atoms with Crippen molar-refractivity contribution >= 4 is 62.3 Å². The SMILES string of the molecule is CCCNC(=O)[C@H](C)N(Cc1ccc(Cl)cc1Cl)C(=O)CN(c1cccc(Cl)c1)S(C)(=O)=O. The molecule has 1 atom stereocenters. The van der Waals surface area contributed by atoms with Crippen molar-refractivity contribution in [1.29, 1.82) is 0 Å². The molecule has 2 aromatic carbocycles. The summed E-state index contributed by atoms with van der Waals surface area (Å²) in [6, 6.07) is 10.1. The lowest BCUT2D eigenvalue weighted by Crippen LogP contribution is -2.51. The Morgan fingerprint density at radius 3 is 2.30 bits per heavy atom. The van der Waals surface area contributed by atoms with Crippen LogP contribution in [0.3, 0.4) is 0 Å². The van der Waals surface area contributed by atoms with E-state index in [0.717, 1.165) is 17.0 Å². The van der Waals surface area contributed by atoms with E-state index >= 15 is 0 Å². The molecule has 0 aromatic heterocycles. The Bertz CT molecular complexity index is 1110. The van der Waals surface area contributed by atoms with Crippen LogP contribution in [0.1, 0.15) is 25.8 Å². The molecule has 2 amide bonds. The fourth-order valence-electron chi connectivity index (χ4n) is 3.06. The van der Waals surface area contributed by atoms with Gasteiger partial charge in [-0.05, 0) is 49.2 Å². The molecule has 0 saturated carbocycles. The van der Waals surface area contributed by atoms with Gasteiger partial charge in [-0.2, -0.15) is 0 Å². The first kappa shape index (κ1) is 27.2. The van der Waals surface area contributed by atoms with Crippen LogP contribution < -0.4 is 9.62 Å². The summed E-state index contributed by atoms with van der Waals surface area (Å²) in [4.78, 5) is 27.4. The lowest BCUT2D eigenvalue weighted by atomic mass is 10.1. The standard InChI is InChI=1S/C22H26Cl3N3O4S/c1-4-10-26-22(30)15(2)27(13-16-8-9-18(24)12-20(16)25)21(29)14-28(33(3,31)32)19-7-5-6-17(23)11-19/h5-9,11-12,15H,4,10,13-14H2,1-3H3,(H,26,30)/t15-/m0/s1. The molecule has 0 bridgehead atoms. The number of sulfonamides is 1. The number of rotatable bonds is 10. The average Bonchev–Trinajstić information content (AvgIpc) is 2.73. The van der Waals surface area contributed by atoms with Gasteiger partial charge in [0, 0.05) is 28.2 Å². The second kappa shape index (κ2) is 11.9. The number of nitrogens with zero attached hydrogens (tertiary/aromatic N) is 2. The lowest BCUT2D eigenvalue weighted by Gasteiger charge is -2.31. The third-order valence-corrected chi connectivity index (χ3v) is 6.81. The normalized spacial score (nSPS) is 12.2. The van der Waals surface area contributed by atoms with Gasteiger partial charge in [0.05, 0.1) is 11.9 Å². The molecule has 0 spiro atoms. The molecule has 11 heteroatoms. The molecule has 0 fully saturated rings. The Hall–Kier alpha value is -2.00. The maximum atomic E-state index is 13.4. The first-order valence-electron chi connectivity index (χ1n) is 10.2. The average molecular weight is 535 g/mol. The molecular formula is C22H26Cl3N3O4S. The van der Waals surface area contributed by atoms with E-state index in [2.05, 4.69) is 5.32 Å². The van der Waals surface area contributed by atoms with Crippen molar-refractivity contribution < 1.29 is 18.0 Å². The molecule has 0 aliphatic rings. The quantitative estimate of drug-likeness (QED) is 0.491. The first-order valence-corrected chi connectivity index (χ1v) is 13.2. The second-order valence-corrected chi connectivity index (χ2v) is 10.7. The Morgan fingerprint density at radius 1 is 1.06 bits per heavy atom. The van der Waals surface area contributed by atoms with Gasteiger partial charge in [-0.15, -0.1) is 0 Å². The third-order valence-electron chi connectivity index (χ3n) is 4.85. The molecule has 0 saturated heterocycles. The number of amides is 2. The number of halogens is 3. The predicted octanol–water partition coefficient (Wildman–Crippen LogP) is 4.36. The van der Waals surface area contributed by atoms with Crippen molar-refractivity contribution in [2.75, 3.05) is 23.7 Å². The van der Waals surface area contributed by atoms with Gasteiger partial charge < -0.3 is 10.2 Å². The number of anilines is 1. The maximum absolute atomic E-state index is 13.4. The topological polar surface area (TPSA) is 86.8 Å². The van der Waals surface area contributed by atoms with Crippen LogP contribution in [-0.4, -0.2) is 50.5 Å². The Morgan fingerprint density at radius 2 is 1.73 bits per heavy atom. The van der Waals surface area contributed by atoms with Crippen molar-refractivity contribution in [3.8, 4) is 0 Å². The minimum atomic E-state index is -3.83. The summed E-state index contributed by atoms with van der Waals surface area (Å²) in [6.45, 7) is 3.41. The largest absolute Gasteiger partial charge is 0.354 e. The minimum Gasteiger partial charge on any atom is -0.354 e. The van der Waals surface area contributed by atoms with Crippen LogP contribution in [0.4, 0.5) is 5.69 Å². The number of hydrogen-bond donors (Lipinski definition) is 1. The van der Waals surface area contributed by atoms with E-state index < -0.39 is 28.5 Å². The number of hydrogen-bond acceptors (Lipinski definition) is 4. The molecule has 0 radical (unpaired) electrons. The van der Waals surface area contributed by atoms with E-state index in [9.17, 15) is 18.0 Å². The van der Waals surface area contributed by atoms with Gasteiger partial charge in [0.15, 0.2) is 0 Å². The van der Waals surface area contributed by atoms with Gasteiger partial charge in [0.2, 0.25) is 21.8 Å². The summed E-state index contributed by atoms with van der Waals surface area (Å²) >= 11 is 18.3. The van der Waals surface area contributed by atoms with Gasteiger partial charge >= 0.3 is 0 Å². The van der Waals surface area contributed by atoms with E-state index in [4.69, 9.17) is 34.8 Å². The van der Waals surface area contributed by atoms with E-state index in [1.807, 2.05) is 6.92 Å². The number of nitrogens with one attached hydrogen (secondary N) is 1. The van der Waals surface area contributed by atoms with Gasteiger partial charge in [-0.1, -0.05) is 53.9 Å². The Balaban J connectivity index is 2.40. The van der Waals surface area contributed by atoms with Gasteiger partial charge in [0.25, 0.3) is 0 Å². The van der Waals surface area contributed by atoms with Crippen molar-refractivity contribution in [3.63, 3.8) is 0 Å². The summed E-state index contributed by atoms with van der Waals surface area (Å²) in [6.07, 6.45) is 1.73. The Kier molecular flexibility index (Phi) is 9.84. The van der Waals surface area contributed by atoms with Crippen molar-refractivity contribution in [1.82, 2.24) is 10.2 Å². The summed E-state index contributed by atoms with van der Waals surface area (Å²) < 4.78 is 25.9. The zero-order valence-electron chi connectivity index (χ0n) is 18.5. The van der Waals surface area contributed by atoms with Crippen LogP contribution in [0.15, 0.2) is 42.5 Å². The summed E-state index contributed by atoms with van der Waals surface area (Å²) in [7, 11) is -3.83. The van der Waals surface area contributed by atoms with E-state index in [1.54, 1.807) is 31.2 Å². The fraction of sp³-hybridized carbons (Fsp3) is 0.364. The molecule has 7 nitrogen and oxygen atoms in total. The summed E-state index contributed by atoms with van der Waals surface area (Å²) in [5.74, 6) is -0.936. The second-order valence-electron chi connectivity index (χ2n) is 7.47. The zero-order chi connectivity index (χ0) is 24.8. The number of carbonyl (C=O) groups is 2. The highest BCUT2D eigenvalue weighted by molar-refractivity contribution is 7.92. The molecule has 0 heterocycles. The molecule has 0 unspecified atom stereocenters. The van der Waals surface area contributed by atoms with E-state index in [-0.39, 0.29) is 18.1 Å². The van der Waals surface area contributed by atoms with Crippen molar-refractivity contribution in [2.45, 2.75) is 32.9 Å².